The zero-order valence-electron chi connectivity index (χ0n) is 13.5. The third-order valence-corrected chi connectivity index (χ3v) is 5.37. The fourth-order valence-corrected chi connectivity index (χ4v) is 3.99. The standard InChI is InChI=1S/C17H21N3O4/c21-14-12(9-11-3-1-4-13(11)19-14)15(22)20-7-2-5-17(6-8-20)10-18-16(23)24-17/h9H,1-8,10H2,(H,18,23)(H,19,21). The van der Waals surface area contributed by atoms with Gasteiger partial charge in [0.2, 0.25) is 0 Å². The summed E-state index contributed by atoms with van der Waals surface area (Å²) in [5.41, 5.74) is 1.48. The molecule has 0 saturated carbocycles. The molecule has 1 spiro atoms. The van der Waals surface area contributed by atoms with E-state index in [4.69, 9.17) is 4.74 Å². The summed E-state index contributed by atoms with van der Waals surface area (Å²) in [7, 11) is 0. The van der Waals surface area contributed by atoms with E-state index in [0.717, 1.165) is 43.4 Å². The number of rotatable bonds is 1. The number of nitrogens with zero attached hydrogens (tertiary/aromatic N) is 1. The highest BCUT2D eigenvalue weighted by Crippen LogP contribution is 2.29. The molecular formula is C17H21N3O4. The Labute approximate surface area is 139 Å². The fraction of sp³-hybridized carbons (Fsp3) is 0.588. The van der Waals surface area contributed by atoms with Crippen molar-refractivity contribution >= 4 is 12.0 Å². The predicted molar refractivity (Wildman–Crippen MR) is 86.1 cm³/mol. The van der Waals surface area contributed by atoms with Crippen LogP contribution < -0.4 is 10.9 Å². The van der Waals surface area contributed by atoms with Gasteiger partial charge in [-0.05, 0) is 43.7 Å². The summed E-state index contributed by atoms with van der Waals surface area (Å²) in [6, 6.07) is 1.77. The largest absolute Gasteiger partial charge is 0.441 e. The van der Waals surface area contributed by atoms with Gasteiger partial charge in [0.25, 0.3) is 11.5 Å². The number of carbonyl (C=O) groups is 2. The third-order valence-electron chi connectivity index (χ3n) is 5.37. The van der Waals surface area contributed by atoms with Crippen LogP contribution in [-0.2, 0) is 17.6 Å². The Morgan fingerprint density at radius 3 is 2.83 bits per heavy atom. The van der Waals surface area contributed by atoms with Crippen LogP contribution in [0.4, 0.5) is 4.79 Å². The maximum Gasteiger partial charge on any atom is 0.407 e. The number of carbonyl (C=O) groups excluding carboxylic acids is 2. The first kappa shape index (κ1) is 15.2. The number of H-pyrrole nitrogens is 1. The van der Waals surface area contributed by atoms with Crippen molar-refractivity contribution in [3.05, 3.63) is 33.2 Å². The molecule has 3 heterocycles. The van der Waals surface area contributed by atoms with E-state index in [9.17, 15) is 14.4 Å². The zero-order valence-corrected chi connectivity index (χ0v) is 13.5. The molecule has 128 valence electrons. The van der Waals surface area contributed by atoms with Crippen LogP contribution in [0.2, 0.25) is 0 Å². The van der Waals surface area contributed by atoms with Gasteiger partial charge in [-0.25, -0.2) is 4.79 Å². The maximum atomic E-state index is 12.8. The van der Waals surface area contributed by atoms with Gasteiger partial charge >= 0.3 is 6.09 Å². The van der Waals surface area contributed by atoms with Gasteiger partial charge in [0.1, 0.15) is 11.2 Å². The Morgan fingerprint density at radius 1 is 1.17 bits per heavy atom. The molecule has 1 atom stereocenters. The first-order valence-electron chi connectivity index (χ1n) is 8.58. The van der Waals surface area contributed by atoms with Crippen LogP contribution in [0.5, 0.6) is 0 Å². The number of hydrogen-bond donors (Lipinski definition) is 2. The van der Waals surface area contributed by atoms with Crippen LogP contribution >= 0.6 is 0 Å². The Kier molecular flexibility index (Phi) is 3.58. The number of fused-ring (bicyclic) bond motifs is 1. The second-order valence-corrected chi connectivity index (χ2v) is 6.94. The molecule has 0 bridgehead atoms. The lowest BCUT2D eigenvalue weighted by Gasteiger charge is -2.25. The lowest BCUT2D eigenvalue weighted by atomic mass is 9.95. The van der Waals surface area contributed by atoms with Crippen molar-refractivity contribution < 1.29 is 14.3 Å². The first-order chi connectivity index (χ1) is 11.6. The van der Waals surface area contributed by atoms with Crippen LogP contribution in [-0.4, -0.2) is 47.1 Å². The van der Waals surface area contributed by atoms with Crippen LogP contribution in [0.1, 0.15) is 47.3 Å². The number of aromatic nitrogens is 1. The van der Waals surface area contributed by atoms with Gasteiger partial charge in [-0.1, -0.05) is 0 Å². The topological polar surface area (TPSA) is 91.5 Å². The second-order valence-electron chi connectivity index (χ2n) is 6.94. The highest BCUT2D eigenvalue weighted by molar-refractivity contribution is 5.94. The highest BCUT2D eigenvalue weighted by atomic mass is 16.6. The second kappa shape index (κ2) is 5.65. The number of likely N-dealkylation sites (tertiary alicyclic amines) is 1. The Morgan fingerprint density at radius 2 is 2.04 bits per heavy atom. The smallest absolute Gasteiger partial charge is 0.407 e. The normalized spacial score (nSPS) is 26.0. The molecule has 3 aliphatic rings. The minimum absolute atomic E-state index is 0.222. The molecule has 2 saturated heterocycles. The van der Waals surface area contributed by atoms with E-state index in [2.05, 4.69) is 10.3 Å². The summed E-state index contributed by atoms with van der Waals surface area (Å²) < 4.78 is 5.43. The van der Waals surface area contributed by atoms with Crippen molar-refractivity contribution in [1.29, 1.82) is 0 Å². The SMILES string of the molecule is O=C1NCC2(CCCN(C(=O)c3cc4c([nH]c3=O)CCC4)CC2)O1. The summed E-state index contributed by atoms with van der Waals surface area (Å²) in [4.78, 5) is 41.0. The van der Waals surface area contributed by atoms with Gasteiger partial charge in [0, 0.05) is 25.2 Å². The van der Waals surface area contributed by atoms with E-state index in [1.165, 1.54) is 0 Å². The molecule has 0 aromatic carbocycles. The quantitative estimate of drug-likeness (QED) is 0.802. The van der Waals surface area contributed by atoms with Gasteiger partial charge in [-0.15, -0.1) is 0 Å². The molecule has 2 N–H and O–H groups in total. The molecule has 2 amide bonds. The van der Waals surface area contributed by atoms with Gasteiger partial charge in [-0.2, -0.15) is 0 Å². The summed E-state index contributed by atoms with van der Waals surface area (Å²) in [5, 5.41) is 2.70. The molecule has 1 aromatic rings. The molecule has 0 radical (unpaired) electrons. The van der Waals surface area contributed by atoms with Crippen LogP contribution in [0.25, 0.3) is 0 Å². The first-order valence-corrected chi connectivity index (χ1v) is 8.58. The molecule has 1 unspecified atom stereocenters. The van der Waals surface area contributed by atoms with Crippen molar-refractivity contribution in [2.24, 2.45) is 0 Å². The van der Waals surface area contributed by atoms with Gasteiger partial charge in [-0.3, -0.25) is 9.59 Å². The maximum absolute atomic E-state index is 12.8. The van der Waals surface area contributed by atoms with Gasteiger partial charge in [0.05, 0.1) is 6.54 Å². The fourth-order valence-electron chi connectivity index (χ4n) is 3.99. The van der Waals surface area contributed by atoms with E-state index in [1.807, 2.05) is 0 Å². The molecule has 4 rings (SSSR count). The highest BCUT2D eigenvalue weighted by Gasteiger charge is 2.42. The minimum atomic E-state index is -0.504. The van der Waals surface area contributed by atoms with E-state index < -0.39 is 5.60 Å². The number of amides is 2. The lowest BCUT2D eigenvalue weighted by molar-refractivity contribution is 0.0438. The zero-order chi connectivity index (χ0) is 16.7. The number of aromatic amines is 1. The molecule has 2 fully saturated rings. The number of ether oxygens (including phenoxy) is 1. The molecule has 1 aliphatic carbocycles. The van der Waals surface area contributed by atoms with Crippen LogP contribution in [0.3, 0.4) is 0 Å². The van der Waals surface area contributed by atoms with Crippen molar-refractivity contribution in [3.63, 3.8) is 0 Å². The molecule has 7 heteroatoms. The average Bonchev–Trinajstić information content (AvgIpc) is 3.09. The minimum Gasteiger partial charge on any atom is -0.441 e. The summed E-state index contributed by atoms with van der Waals surface area (Å²) in [6.45, 7) is 1.56. The van der Waals surface area contributed by atoms with Crippen molar-refractivity contribution in [1.82, 2.24) is 15.2 Å². The lowest BCUT2D eigenvalue weighted by Crippen LogP contribution is -2.38. The monoisotopic (exact) mass is 331 g/mol. The number of aryl methyl sites for hydroxylation is 2. The summed E-state index contributed by atoms with van der Waals surface area (Å²) in [6.07, 6.45) is 4.51. The van der Waals surface area contributed by atoms with E-state index in [-0.39, 0.29) is 23.1 Å². The number of nitrogens with one attached hydrogen (secondary N) is 2. The summed E-state index contributed by atoms with van der Waals surface area (Å²) in [5.74, 6) is -0.222. The van der Waals surface area contributed by atoms with Gasteiger partial charge in [0.15, 0.2) is 0 Å². The Balaban J connectivity index is 1.53. The number of alkyl carbamates (subject to hydrolysis) is 1. The van der Waals surface area contributed by atoms with Crippen LogP contribution in [0, 0.1) is 0 Å². The van der Waals surface area contributed by atoms with E-state index >= 15 is 0 Å². The van der Waals surface area contributed by atoms with E-state index in [1.54, 1.807) is 11.0 Å². The molecule has 2 aliphatic heterocycles. The van der Waals surface area contributed by atoms with Crippen molar-refractivity contribution in [3.8, 4) is 0 Å². The molecule has 1 aromatic heterocycles. The summed E-state index contributed by atoms with van der Waals surface area (Å²) >= 11 is 0. The Hall–Kier alpha value is -2.31. The number of pyridine rings is 1. The Bertz CT molecular complexity index is 757. The third kappa shape index (κ3) is 2.57. The van der Waals surface area contributed by atoms with Gasteiger partial charge < -0.3 is 19.9 Å². The molecular weight excluding hydrogens is 310 g/mol. The predicted octanol–water partition coefficient (Wildman–Crippen LogP) is 0.968. The molecule has 7 nitrogen and oxygen atoms in total. The van der Waals surface area contributed by atoms with Crippen molar-refractivity contribution in [2.75, 3.05) is 19.6 Å². The molecule has 24 heavy (non-hydrogen) atoms. The average molecular weight is 331 g/mol. The van der Waals surface area contributed by atoms with E-state index in [0.29, 0.717) is 26.1 Å². The van der Waals surface area contributed by atoms with Crippen molar-refractivity contribution in [2.45, 2.75) is 44.1 Å². The van der Waals surface area contributed by atoms with Crippen LogP contribution in [0.15, 0.2) is 10.9 Å². The number of hydrogen-bond acceptors (Lipinski definition) is 4.